The monoisotopic (exact) mass is 378 g/mol. The molecular weight excluding hydrogens is 356 g/mol. The summed E-state index contributed by atoms with van der Waals surface area (Å²) in [6.07, 6.45) is 3.30. The van der Waals surface area contributed by atoms with Crippen LogP contribution in [0.5, 0.6) is 5.75 Å². The van der Waals surface area contributed by atoms with E-state index < -0.39 is 0 Å². The third kappa shape index (κ3) is 5.05. The predicted molar refractivity (Wildman–Crippen MR) is 111 cm³/mol. The maximum absolute atomic E-state index is 12.1. The highest BCUT2D eigenvalue weighted by molar-refractivity contribution is 7.09. The van der Waals surface area contributed by atoms with Gasteiger partial charge in [-0.05, 0) is 37.6 Å². The highest BCUT2D eigenvalue weighted by Crippen LogP contribution is 2.22. The van der Waals surface area contributed by atoms with Crippen LogP contribution in [0.2, 0.25) is 0 Å². The first-order valence-corrected chi connectivity index (χ1v) is 9.55. The van der Waals surface area contributed by atoms with E-state index in [1.165, 1.54) is 6.08 Å². The molecule has 1 aromatic heterocycles. The van der Waals surface area contributed by atoms with E-state index in [0.717, 1.165) is 38.7 Å². The van der Waals surface area contributed by atoms with Crippen LogP contribution in [-0.4, -0.2) is 18.0 Å². The minimum absolute atomic E-state index is 0.141. The smallest absolute Gasteiger partial charge is 0.244 e. The minimum atomic E-state index is -0.141. The number of aromatic nitrogens is 1. The molecule has 0 atom stereocenters. The average Bonchev–Trinajstić information content (AvgIpc) is 3.11. The first-order chi connectivity index (χ1) is 13.0. The van der Waals surface area contributed by atoms with E-state index in [-0.39, 0.29) is 5.91 Å². The molecule has 0 saturated heterocycles. The second kappa shape index (κ2) is 8.64. The number of hydrogen-bond donors (Lipinski definition) is 1. The number of thiazole rings is 1. The van der Waals surface area contributed by atoms with Crippen molar-refractivity contribution in [3.05, 3.63) is 75.6 Å². The maximum atomic E-state index is 12.1. The quantitative estimate of drug-likeness (QED) is 0.629. The number of ether oxygens (including phenoxy) is 1. The van der Waals surface area contributed by atoms with Crippen molar-refractivity contribution >= 4 is 23.3 Å². The van der Waals surface area contributed by atoms with Crippen LogP contribution in [-0.2, 0) is 11.3 Å². The van der Waals surface area contributed by atoms with Gasteiger partial charge in [-0.15, -0.1) is 11.3 Å². The van der Waals surface area contributed by atoms with Crippen molar-refractivity contribution in [3.8, 4) is 17.0 Å². The van der Waals surface area contributed by atoms with Crippen molar-refractivity contribution in [1.82, 2.24) is 10.3 Å². The molecular formula is C22H22N2O2S. The fourth-order valence-electron chi connectivity index (χ4n) is 2.69. The van der Waals surface area contributed by atoms with Gasteiger partial charge in [-0.1, -0.05) is 35.9 Å². The van der Waals surface area contributed by atoms with Crippen molar-refractivity contribution < 1.29 is 9.53 Å². The zero-order chi connectivity index (χ0) is 19.2. The molecule has 0 saturated carbocycles. The lowest BCUT2D eigenvalue weighted by Gasteiger charge is -2.06. The molecule has 0 aliphatic heterocycles. The zero-order valence-corrected chi connectivity index (χ0v) is 16.5. The molecule has 27 heavy (non-hydrogen) atoms. The number of aryl methyl sites for hydroxylation is 2. The number of nitrogens with zero attached hydrogens (tertiary/aromatic N) is 1. The summed E-state index contributed by atoms with van der Waals surface area (Å²) < 4.78 is 5.32. The van der Waals surface area contributed by atoms with Gasteiger partial charge in [0.05, 0.1) is 17.8 Å². The highest BCUT2D eigenvalue weighted by atomic mass is 32.1. The number of carbonyl (C=O) groups excluding carboxylic acids is 1. The van der Waals surface area contributed by atoms with Crippen LogP contribution in [0.4, 0.5) is 0 Å². The fourth-order valence-corrected chi connectivity index (χ4v) is 3.31. The summed E-state index contributed by atoms with van der Waals surface area (Å²) in [5.74, 6) is 0.607. The van der Waals surface area contributed by atoms with Crippen LogP contribution in [0.15, 0.2) is 53.9 Å². The number of hydrogen-bond acceptors (Lipinski definition) is 4. The van der Waals surface area contributed by atoms with E-state index in [9.17, 15) is 4.79 Å². The lowest BCUT2D eigenvalue weighted by molar-refractivity contribution is -0.116. The third-order valence-electron chi connectivity index (χ3n) is 4.13. The number of rotatable bonds is 6. The Morgan fingerprint density at radius 2 is 1.96 bits per heavy atom. The standard InChI is InChI=1S/C22H22N2O2S/c1-15-4-10-21(26-3)19(12-15)9-11-22(25)23-13-17-5-7-18(8-6-17)20-14-27-16(2)24-20/h4-12,14H,13H2,1-3H3,(H,23,25)/b11-9+. The number of amides is 1. The zero-order valence-electron chi connectivity index (χ0n) is 15.7. The van der Waals surface area contributed by atoms with E-state index in [2.05, 4.69) is 15.7 Å². The van der Waals surface area contributed by atoms with Crippen LogP contribution < -0.4 is 10.1 Å². The molecule has 0 aliphatic carbocycles. The van der Waals surface area contributed by atoms with E-state index in [1.54, 1.807) is 24.5 Å². The Balaban J connectivity index is 1.58. The molecule has 2 aromatic carbocycles. The Kier molecular flexibility index (Phi) is 6.04. The van der Waals surface area contributed by atoms with Gasteiger partial charge in [-0.3, -0.25) is 4.79 Å². The topological polar surface area (TPSA) is 51.2 Å². The molecule has 3 rings (SSSR count). The summed E-state index contributed by atoms with van der Waals surface area (Å²) in [5, 5.41) is 6.01. The normalized spacial score (nSPS) is 10.9. The van der Waals surface area contributed by atoms with E-state index in [4.69, 9.17) is 4.74 Å². The SMILES string of the molecule is COc1ccc(C)cc1/C=C/C(=O)NCc1ccc(-c2csc(C)n2)cc1. The van der Waals surface area contributed by atoms with E-state index in [1.807, 2.05) is 56.3 Å². The van der Waals surface area contributed by atoms with Gasteiger partial charge in [-0.25, -0.2) is 4.98 Å². The average molecular weight is 378 g/mol. The number of nitrogens with one attached hydrogen (secondary N) is 1. The lowest BCUT2D eigenvalue weighted by atomic mass is 10.1. The van der Waals surface area contributed by atoms with Gasteiger partial charge in [0, 0.05) is 29.1 Å². The first kappa shape index (κ1) is 18.9. The van der Waals surface area contributed by atoms with Crippen LogP contribution in [0.1, 0.15) is 21.7 Å². The number of carbonyl (C=O) groups is 1. The molecule has 1 N–H and O–H groups in total. The van der Waals surface area contributed by atoms with E-state index in [0.29, 0.717) is 6.54 Å². The summed E-state index contributed by atoms with van der Waals surface area (Å²) in [7, 11) is 1.62. The highest BCUT2D eigenvalue weighted by Gasteiger charge is 2.04. The summed E-state index contributed by atoms with van der Waals surface area (Å²) in [4.78, 5) is 16.6. The van der Waals surface area contributed by atoms with Gasteiger partial charge < -0.3 is 10.1 Å². The van der Waals surface area contributed by atoms with Crippen LogP contribution in [0, 0.1) is 13.8 Å². The third-order valence-corrected chi connectivity index (χ3v) is 4.91. The van der Waals surface area contributed by atoms with Crippen molar-refractivity contribution in [2.45, 2.75) is 20.4 Å². The summed E-state index contributed by atoms with van der Waals surface area (Å²) >= 11 is 1.64. The summed E-state index contributed by atoms with van der Waals surface area (Å²) in [5.41, 5.74) is 5.12. The minimum Gasteiger partial charge on any atom is -0.496 e. The van der Waals surface area contributed by atoms with Crippen molar-refractivity contribution in [2.75, 3.05) is 7.11 Å². The predicted octanol–water partition coefficient (Wildman–Crippen LogP) is 4.77. The molecule has 1 amide bonds. The molecule has 138 valence electrons. The van der Waals surface area contributed by atoms with Crippen molar-refractivity contribution in [2.24, 2.45) is 0 Å². The van der Waals surface area contributed by atoms with Gasteiger partial charge in [0.15, 0.2) is 0 Å². The lowest BCUT2D eigenvalue weighted by Crippen LogP contribution is -2.20. The van der Waals surface area contributed by atoms with Gasteiger partial charge in [0.25, 0.3) is 0 Å². The molecule has 0 unspecified atom stereocenters. The fraction of sp³-hybridized carbons (Fsp3) is 0.182. The summed E-state index contributed by atoms with van der Waals surface area (Å²) in [6, 6.07) is 14.0. The molecule has 0 spiro atoms. The molecule has 0 bridgehead atoms. The Hall–Kier alpha value is -2.92. The van der Waals surface area contributed by atoms with E-state index >= 15 is 0 Å². The maximum Gasteiger partial charge on any atom is 0.244 e. The number of methoxy groups -OCH3 is 1. The van der Waals surface area contributed by atoms with Crippen molar-refractivity contribution in [3.63, 3.8) is 0 Å². The molecule has 1 heterocycles. The second-order valence-electron chi connectivity index (χ2n) is 6.25. The Bertz CT molecular complexity index is 959. The van der Waals surface area contributed by atoms with Crippen LogP contribution in [0.25, 0.3) is 17.3 Å². The molecule has 3 aromatic rings. The van der Waals surface area contributed by atoms with Gasteiger partial charge >= 0.3 is 0 Å². The number of benzene rings is 2. The Morgan fingerprint density at radius 1 is 1.19 bits per heavy atom. The van der Waals surface area contributed by atoms with Gasteiger partial charge in [0.1, 0.15) is 5.75 Å². The van der Waals surface area contributed by atoms with Gasteiger partial charge in [0.2, 0.25) is 5.91 Å². The Labute approximate surface area is 163 Å². The van der Waals surface area contributed by atoms with Gasteiger partial charge in [-0.2, -0.15) is 0 Å². The van der Waals surface area contributed by atoms with Crippen LogP contribution >= 0.6 is 11.3 Å². The summed E-state index contributed by atoms with van der Waals surface area (Å²) in [6.45, 7) is 4.48. The Morgan fingerprint density at radius 3 is 2.63 bits per heavy atom. The molecule has 5 heteroatoms. The van der Waals surface area contributed by atoms with Crippen molar-refractivity contribution in [1.29, 1.82) is 0 Å². The second-order valence-corrected chi connectivity index (χ2v) is 7.31. The first-order valence-electron chi connectivity index (χ1n) is 8.67. The molecule has 0 radical (unpaired) electrons. The molecule has 0 fully saturated rings. The largest absolute Gasteiger partial charge is 0.496 e. The molecule has 0 aliphatic rings. The molecule has 4 nitrogen and oxygen atoms in total. The van der Waals surface area contributed by atoms with Crippen LogP contribution in [0.3, 0.4) is 0 Å².